The molecule has 3 N–H and O–H groups in total. The number of H-pyrrole nitrogens is 1. The zero-order valence-corrected chi connectivity index (χ0v) is 9.48. The lowest BCUT2D eigenvalue weighted by Gasteiger charge is -2.12. The van der Waals surface area contributed by atoms with Gasteiger partial charge in [0, 0.05) is 12.4 Å². The summed E-state index contributed by atoms with van der Waals surface area (Å²) >= 11 is 0. The molecule has 0 spiro atoms. The summed E-state index contributed by atoms with van der Waals surface area (Å²) in [5, 5.41) is 0. The topological polar surface area (TPSA) is 63.9 Å². The Hall–Kier alpha value is -1.88. The van der Waals surface area contributed by atoms with E-state index < -0.39 is 0 Å². The minimum Gasteiger partial charge on any atom is -0.496 e. The van der Waals surface area contributed by atoms with Gasteiger partial charge in [0.2, 0.25) is 0 Å². The fourth-order valence-corrected chi connectivity index (χ4v) is 1.72. The van der Waals surface area contributed by atoms with Gasteiger partial charge in [0.25, 0.3) is 0 Å². The van der Waals surface area contributed by atoms with Gasteiger partial charge in [-0.05, 0) is 30.2 Å². The lowest BCUT2D eigenvalue weighted by atomic mass is 10.0. The lowest BCUT2D eigenvalue weighted by molar-refractivity contribution is 0.406. The minimum atomic E-state index is -0.305. The number of aromatic amines is 1. The van der Waals surface area contributed by atoms with Gasteiger partial charge in [-0.15, -0.1) is 0 Å². The SMILES string of the molecule is COc1ccc(F)cc1CC(N)c1ncc[nH]1. The first kappa shape index (κ1) is 11.6. The number of rotatable bonds is 4. The number of hydrogen-bond donors (Lipinski definition) is 2. The number of methoxy groups -OCH3 is 1. The Kier molecular flexibility index (Phi) is 3.39. The second-order valence-electron chi connectivity index (χ2n) is 3.74. The summed E-state index contributed by atoms with van der Waals surface area (Å²) in [6.45, 7) is 0. The molecule has 0 aliphatic heterocycles. The highest BCUT2D eigenvalue weighted by Crippen LogP contribution is 2.23. The van der Waals surface area contributed by atoms with E-state index >= 15 is 0 Å². The standard InChI is InChI=1S/C12H14FN3O/c1-17-11-3-2-9(13)6-8(11)7-10(14)12-15-4-5-16-12/h2-6,10H,7,14H2,1H3,(H,15,16). The zero-order valence-electron chi connectivity index (χ0n) is 9.48. The molecule has 0 aliphatic rings. The number of nitrogens with one attached hydrogen (secondary N) is 1. The molecule has 0 saturated carbocycles. The number of nitrogens with two attached hydrogens (primary N) is 1. The van der Waals surface area contributed by atoms with Crippen LogP contribution in [-0.4, -0.2) is 17.1 Å². The van der Waals surface area contributed by atoms with Gasteiger partial charge in [-0.3, -0.25) is 0 Å². The molecule has 1 aromatic carbocycles. The number of aromatic nitrogens is 2. The van der Waals surface area contributed by atoms with Gasteiger partial charge < -0.3 is 15.5 Å². The summed E-state index contributed by atoms with van der Waals surface area (Å²) in [4.78, 5) is 7.01. The molecule has 1 heterocycles. The van der Waals surface area contributed by atoms with E-state index in [0.29, 0.717) is 18.0 Å². The van der Waals surface area contributed by atoms with Crippen LogP contribution in [0, 0.1) is 5.82 Å². The molecule has 1 unspecified atom stereocenters. The molecular formula is C12H14FN3O. The van der Waals surface area contributed by atoms with Crippen molar-refractivity contribution >= 4 is 0 Å². The van der Waals surface area contributed by atoms with E-state index in [0.717, 1.165) is 5.56 Å². The third-order valence-corrected chi connectivity index (χ3v) is 2.55. The maximum atomic E-state index is 13.2. The fourth-order valence-electron chi connectivity index (χ4n) is 1.72. The van der Waals surface area contributed by atoms with E-state index in [4.69, 9.17) is 10.5 Å². The maximum Gasteiger partial charge on any atom is 0.123 e. The molecule has 0 aliphatic carbocycles. The Morgan fingerprint density at radius 1 is 1.53 bits per heavy atom. The largest absolute Gasteiger partial charge is 0.496 e. The van der Waals surface area contributed by atoms with Crippen molar-refractivity contribution in [1.82, 2.24) is 9.97 Å². The predicted molar refractivity (Wildman–Crippen MR) is 62.2 cm³/mol. The van der Waals surface area contributed by atoms with Crippen molar-refractivity contribution in [3.8, 4) is 5.75 Å². The zero-order chi connectivity index (χ0) is 12.3. The quantitative estimate of drug-likeness (QED) is 0.849. The van der Waals surface area contributed by atoms with Gasteiger partial charge in [-0.2, -0.15) is 0 Å². The lowest BCUT2D eigenvalue weighted by Crippen LogP contribution is -2.15. The molecule has 2 aromatic rings. The van der Waals surface area contributed by atoms with E-state index in [1.807, 2.05) is 0 Å². The van der Waals surface area contributed by atoms with Crippen LogP contribution in [0.2, 0.25) is 0 Å². The van der Waals surface area contributed by atoms with Crippen molar-refractivity contribution in [2.75, 3.05) is 7.11 Å². The first-order valence-electron chi connectivity index (χ1n) is 5.28. The van der Waals surface area contributed by atoms with Crippen LogP contribution in [0.5, 0.6) is 5.75 Å². The van der Waals surface area contributed by atoms with E-state index in [1.165, 1.54) is 12.1 Å². The molecular weight excluding hydrogens is 221 g/mol. The summed E-state index contributed by atoms with van der Waals surface area (Å²) in [5.41, 5.74) is 6.71. The van der Waals surface area contributed by atoms with Crippen molar-refractivity contribution < 1.29 is 9.13 Å². The van der Waals surface area contributed by atoms with Crippen molar-refractivity contribution in [2.24, 2.45) is 5.73 Å². The average molecular weight is 235 g/mol. The van der Waals surface area contributed by atoms with Gasteiger partial charge in [0.1, 0.15) is 17.4 Å². The molecule has 0 amide bonds. The number of ether oxygens (including phenoxy) is 1. The summed E-state index contributed by atoms with van der Waals surface area (Å²) in [6.07, 6.45) is 3.81. The normalized spacial score (nSPS) is 12.4. The van der Waals surface area contributed by atoms with Gasteiger partial charge in [-0.1, -0.05) is 0 Å². The molecule has 17 heavy (non-hydrogen) atoms. The van der Waals surface area contributed by atoms with Crippen LogP contribution in [-0.2, 0) is 6.42 Å². The van der Waals surface area contributed by atoms with E-state index in [1.54, 1.807) is 25.6 Å². The second kappa shape index (κ2) is 4.97. The molecule has 1 aromatic heterocycles. The molecule has 0 bridgehead atoms. The number of imidazole rings is 1. The molecule has 0 radical (unpaired) electrons. The van der Waals surface area contributed by atoms with Crippen LogP contribution >= 0.6 is 0 Å². The summed E-state index contributed by atoms with van der Waals surface area (Å²) in [5.74, 6) is 1.01. The number of benzene rings is 1. The van der Waals surface area contributed by atoms with Crippen LogP contribution in [0.1, 0.15) is 17.4 Å². The first-order valence-corrected chi connectivity index (χ1v) is 5.28. The average Bonchev–Trinajstić information content (AvgIpc) is 2.83. The van der Waals surface area contributed by atoms with Crippen LogP contribution < -0.4 is 10.5 Å². The van der Waals surface area contributed by atoms with E-state index in [9.17, 15) is 4.39 Å². The van der Waals surface area contributed by atoms with Crippen molar-refractivity contribution in [1.29, 1.82) is 0 Å². The minimum absolute atomic E-state index is 0.299. The van der Waals surface area contributed by atoms with Crippen molar-refractivity contribution in [3.05, 3.63) is 47.8 Å². The highest BCUT2D eigenvalue weighted by Gasteiger charge is 2.13. The van der Waals surface area contributed by atoms with Crippen molar-refractivity contribution in [2.45, 2.75) is 12.5 Å². The molecule has 2 rings (SSSR count). The maximum absolute atomic E-state index is 13.2. The molecule has 5 heteroatoms. The van der Waals surface area contributed by atoms with Crippen LogP contribution in [0.3, 0.4) is 0 Å². The molecule has 0 saturated heterocycles. The highest BCUT2D eigenvalue weighted by molar-refractivity contribution is 5.34. The Balaban J connectivity index is 2.20. The number of halogens is 1. The van der Waals surface area contributed by atoms with Crippen LogP contribution in [0.15, 0.2) is 30.6 Å². The van der Waals surface area contributed by atoms with Gasteiger partial charge in [0.15, 0.2) is 0 Å². The fraction of sp³-hybridized carbons (Fsp3) is 0.250. The molecule has 90 valence electrons. The Morgan fingerprint density at radius 2 is 2.35 bits per heavy atom. The second-order valence-corrected chi connectivity index (χ2v) is 3.74. The monoisotopic (exact) mass is 235 g/mol. The molecule has 1 atom stereocenters. The predicted octanol–water partition coefficient (Wildman–Crippen LogP) is 1.80. The Morgan fingerprint density at radius 3 is 3.00 bits per heavy atom. The van der Waals surface area contributed by atoms with Gasteiger partial charge in [0.05, 0.1) is 13.2 Å². The number of hydrogen-bond acceptors (Lipinski definition) is 3. The highest BCUT2D eigenvalue weighted by atomic mass is 19.1. The first-order chi connectivity index (χ1) is 8.20. The van der Waals surface area contributed by atoms with Crippen LogP contribution in [0.25, 0.3) is 0 Å². The van der Waals surface area contributed by atoms with Crippen LogP contribution in [0.4, 0.5) is 4.39 Å². The smallest absolute Gasteiger partial charge is 0.123 e. The van der Waals surface area contributed by atoms with E-state index in [2.05, 4.69) is 9.97 Å². The third kappa shape index (κ3) is 2.62. The van der Waals surface area contributed by atoms with Gasteiger partial charge in [-0.25, -0.2) is 9.37 Å². The Bertz CT molecular complexity index is 485. The third-order valence-electron chi connectivity index (χ3n) is 2.55. The molecule has 0 fully saturated rings. The summed E-state index contributed by atoms with van der Waals surface area (Å²) in [6, 6.07) is 4.09. The molecule has 4 nitrogen and oxygen atoms in total. The summed E-state index contributed by atoms with van der Waals surface area (Å²) in [7, 11) is 1.55. The van der Waals surface area contributed by atoms with E-state index in [-0.39, 0.29) is 11.9 Å². The van der Waals surface area contributed by atoms with Gasteiger partial charge >= 0.3 is 0 Å². The summed E-state index contributed by atoms with van der Waals surface area (Å²) < 4.78 is 18.3. The van der Waals surface area contributed by atoms with Crippen molar-refractivity contribution in [3.63, 3.8) is 0 Å². The Labute approximate surface area is 98.6 Å². The number of nitrogens with zero attached hydrogens (tertiary/aromatic N) is 1.